The van der Waals surface area contributed by atoms with Crippen molar-refractivity contribution in [3.8, 4) is 5.75 Å². The molecule has 0 aliphatic rings. The summed E-state index contributed by atoms with van der Waals surface area (Å²) in [7, 11) is 1.68. The van der Waals surface area contributed by atoms with Crippen LogP contribution < -0.4 is 10.1 Å². The molecule has 0 unspecified atom stereocenters. The van der Waals surface area contributed by atoms with Crippen molar-refractivity contribution in [2.24, 2.45) is 0 Å². The number of hydrogen-bond acceptors (Lipinski definition) is 2. The highest BCUT2D eigenvalue weighted by Crippen LogP contribution is 2.11. The molecule has 0 atom stereocenters. The Morgan fingerprint density at radius 1 is 1.04 bits per heavy atom. The Hall–Kier alpha value is -2.07. The monoisotopic (exact) mass is 342 g/mol. The molecule has 0 radical (unpaired) electrons. The van der Waals surface area contributed by atoms with E-state index in [-0.39, 0.29) is 0 Å². The molecule has 0 saturated carbocycles. The molecule has 4 heteroatoms. The average molecular weight is 343 g/mol. The number of rotatable bonds is 8. The first-order chi connectivity index (χ1) is 11.7. The third kappa shape index (κ3) is 5.85. The third-order valence-electron chi connectivity index (χ3n) is 3.85. The smallest absolute Gasteiger partial charge is 0.169 e. The molecule has 0 aliphatic carbocycles. The quantitative estimate of drug-likeness (QED) is 0.732. The van der Waals surface area contributed by atoms with Crippen molar-refractivity contribution in [3.63, 3.8) is 0 Å². The summed E-state index contributed by atoms with van der Waals surface area (Å²) in [5.74, 6) is 0.888. The summed E-state index contributed by atoms with van der Waals surface area (Å²) in [6, 6.07) is 18.6. The summed E-state index contributed by atoms with van der Waals surface area (Å²) < 4.78 is 5.18. The molecule has 24 heavy (non-hydrogen) atoms. The first-order valence-corrected chi connectivity index (χ1v) is 8.83. The molecule has 0 aliphatic heterocycles. The highest BCUT2D eigenvalue weighted by molar-refractivity contribution is 7.80. The Bertz CT molecular complexity index is 613. The standard InChI is InChI=1S/C20H26N2OS/c1-3-15-22(16-18-7-5-4-6-8-18)20(24)21-14-13-17-9-11-19(23-2)12-10-17/h4-12H,3,13-16H2,1-2H3,(H,21,24). The molecule has 2 aromatic carbocycles. The van der Waals surface area contributed by atoms with Crippen LogP contribution in [-0.4, -0.2) is 30.2 Å². The van der Waals surface area contributed by atoms with E-state index in [1.165, 1.54) is 11.1 Å². The molecule has 0 spiro atoms. The number of hydrogen-bond donors (Lipinski definition) is 1. The van der Waals surface area contributed by atoms with Crippen molar-refractivity contribution in [3.05, 3.63) is 65.7 Å². The molecular weight excluding hydrogens is 316 g/mol. The maximum atomic E-state index is 5.59. The molecule has 1 N–H and O–H groups in total. The van der Waals surface area contributed by atoms with Crippen LogP contribution >= 0.6 is 12.2 Å². The third-order valence-corrected chi connectivity index (χ3v) is 4.25. The van der Waals surface area contributed by atoms with E-state index in [2.05, 4.69) is 53.5 Å². The maximum Gasteiger partial charge on any atom is 0.169 e. The molecular formula is C20H26N2OS. The van der Waals surface area contributed by atoms with Crippen LogP contribution in [0.4, 0.5) is 0 Å². The first kappa shape index (κ1) is 18.3. The second-order valence-electron chi connectivity index (χ2n) is 5.74. The fourth-order valence-corrected chi connectivity index (χ4v) is 2.80. The van der Waals surface area contributed by atoms with Crippen LogP contribution in [0.5, 0.6) is 5.75 Å². The molecule has 0 fully saturated rings. The van der Waals surface area contributed by atoms with E-state index < -0.39 is 0 Å². The largest absolute Gasteiger partial charge is 0.497 e. The Kier molecular flexibility index (Phi) is 7.56. The average Bonchev–Trinajstić information content (AvgIpc) is 2.62. The Morgan fingerprint density at radius 3 is 2.38 bits per heavy atom. The van der Waals surface area contributed by atoms with Crippen molar-refractivity contribution in [1.82, 2.24) is 10.2 Å². The Balaban J connectivity index is 1.83. The van der Waals surface area contributed by atoms with Crippen molar-refractivity contribution >= 4 is 17.3 Å². The minimum absolute atomic E-state index is 0.828. The first-order valence-electron chi connectivity index (χ1n) is 8.42. The topological polar surface area (TPSA) is 24.5 Å². The zero-order valence-electron chi connectivity index (χ0n) is 14.5. The van der Waals surface area contributed by atoms with Gasteiger partial charge in [-0.3, -0.25) is 0 Å². The van der Waals surface area contributed by atoms with Crippen LogP contribution in [0, 0.1) is 0 Å². The number of thiocarbonyl (C=S) groups is 1. The zero-order valence-corrected chi connectivity index (χ0v) is 15.3. The maximum absolute atomic E-state index is 5.59. The Labute approximate surface area is 150 Å². The molecule has 0 saturated heterocycles. The number of benzene rings is 2. The van der Waals surface area contributed by atoms with Crippen LogP contribution in [-0.2, 0) is 13.0 Å². The van der Waals surface area contributed by atoms with Gasteiger partial charge in [-0.05, 0) is 48.3 Å². The SMILES string of the molecule is CCCN(Cc1ccccc1)C(=S)NCCc1ccc(OC)cc1. The number of nitrogens with one attached hydrogen (secondary N) is 1. The van der Waals surface area contributed by atoms with E-state index in [1.807, 2.05) is 18.2 Å². The molecule has 128 valence electrons. The van der Waals surface area contributed by atoms with Crippen LogP contribution in [0.1, 0.15) is 24.5 Å². The number of nitrogens with zero attached hydrogens (tertiary/aromatic N) is 1. The second-order valence-corrected chi connectivity index (χ2v) is 6.12. The Morgan fingerprint density at radius 2 is 1.75 bits per heavy atom. The van der Waals surface area contributed by atoms with Gasteiger partial charge in [-0.1, -0.05) is 49.4 Å². The van der Waals surface area contributed by atoms with E-state index in [1.54, 1.807) is 7.11 Å². The summed E-state index contributed by atoms with van der Waals surface area (Å²) in [6.45, 7) is 4.82. The predicted octanol–water partition coefficient (Wildman–Crippen LogP) is 4.02. The summed E-state index contributed by atoms with van der Waals surface area (Å²) in [4.78, 5) is 2.23. The second kappa shape index (κ2) is 9.93. The molecule has 0 amide bonds. The highest BCUT2D eigenvalue weighted by atomic mass is 32.1. The van der Waals surface area contributed by atoms with E-state index in [0.29, 0.717) is 0 Å². The van der Waals surface area contributed by atoms with Crippen molar-refractivity contribution in [2.45, 2.75) is 26.3 Å². The van der Waals surface area contributed by atoms with Gasteiger partial charge in [-0.25, -0.2) is 0 Å². The summed E-state index contributed by atoms with van der Waals surface area (Å²) >= 11 is 5.59. The molecule has 3 nitrogen and oxygen atoms in total. The highest BCUT2D eigenvalue weighted by Gasteiger charge is 2.09. The van der Waals surface area contributed by atoms with E-state index in [0.717, 1.165) is 43.3 Å². The summed E-state index contributed by atoms with van der Waals surface area (Å²) in [6.07, 6.45) is 2.02. The van der Waals surface area contributed by atoms with Gasteiger partial charge in [0.15, 0.2) is 5.11 Å². The van der Waals surface area contributed by atoms with Gasteiger partial charge in [0, 0.05) is 19.6 Å². The van der Waals surface area contributed by atoms with Crippen molar-refractivity contribution in [2.75, 3.05) is 20.2 Å². The van der Waals surface area contributed by atoms with Crippen molar-refractivity contribution < 1.29 is 4.74 Å². The van der Waals surface area contributed by atoms with E-state index >= 15 is 0 Å². The minimum Gasteiger partial charge on any atom is -0.497 e. The van der Waals surface area contributed by atoms with Gasteiger partial charge in [0.2, 0.25) is 0 Å². The van der Waals surface area contributed by atoms with Crippen molar-refractivity contribution in [1.29, 1.82) is 0 Å². The van der Waals surface area contributed by atoms with Crippen LogP contribution in [0.2, 0.25) is 0 Å². The molecule has 2 aromatic rings. The number of ether oxygens (including phenoxy) is 1. The van der Waals surface area contributed by atoms with Crippen LogP contribution in [0.3, 0.4) is 0 Å². The zero-order chi connectivity index (χ0) is 17.2. The lowest BCUT2D eigenvalue weighted by molar-refractivity contribution is 0.405. The van der Waals surface area contributed by atoms with Gasteiger partial charge in [0.05, 0.1) is 7.11 Å². The number of methoxy groups -OCH3 is 1. The van der Waals surface area contributed by atoms with E-state index in [9.17, 15) is 0 Å². The van der Waals surface area contributed by atoms with Gasteiger partial charge < -0.3 is 15.0 Å². The summed E-state index contributed by atoms with van der Waals surface area (Å²) in [5, 5.41) is 4.22. The lowest BCUT2D eigenvalue weighted by Crippen LogP contribution is -2.40. The van der Waals surface area contributed by atoms with Gasteiger partial charge in [0.25, 0.3) is 0 Å². The molecule has 0 heterocycles. The molecule has 2 rings (SSSR count). The van der Waals surface area contributed by atoms with Gasteiger partial charge in [-0.15, -0.1) is 0 Å². The lowest BCUT2D eigenvalue weighted by atomic mass is 10.1. The summed E-state index contributed by atoms with van der Waals surface area (Å²) in [5.41, 5.74) is 2.56. The van der Waals surface area contributed by atoms with Gasteiger partial charge >= 0.3 is 0 Å². The van der Waals surface area contributed by atoms with E-state index in [4.69, 9.17) is 17.0 Å². The molecule has 0 aromatic heterocycles. The predicted molar refractivity (Wildman–Crippen MR) is 104 cm³/mol. The van der Waals surface area contributed by atoms with Gasteiger partial charge in [0.1, 0.15) is 5.75 Å². The fraction of sp³-hybridized carbons (Fsp3) is 0.350. The minimum atomic E-state index is 0.828. The van der Waals surface area contributed by atoms with Crippen LogP contribution in [0.15, 0.2) is 54.6 Å². The molecule has 0 bridgehead atoms. The fourth-order valence-electron chi connectivity index (χ4n) is 2.54. The lowest BCUT2D eigenvalue weighted by Gasteiger charge is -2.25. The van der Waals surface area contributed by atoms with Crippen LogP contribution in [0.25, 0.3) is 0 Å². The normalized spacial score (nSPS) is 10.2. The van der Waals surface area contributed by atoms with Gasteiger partial charge in [-0.2, -0.15) is 0 Å².